The molecule has 0 saturated heterocycles. The number of rotatable bonds is 6. The van der Waals surface area contributed by atoms with Gasteiger partial charge < -0.3 is 14.6 Å². The van der Waals surface area contributed by atoms with Crippen LogP contribution in [0.4, 0.5) is 4.39 Å². The number of aliphatic hydroxyl groups excluding tert-OH is 1. The van der Waals surface area contributed by atoms with Crippen LogP contribution in [-0.4, -0.2) is 23.3 Å². The zero-order valence-electron chi connectivity index (χ0n) is 10.3. The van der Waals surface area contributed by atoms with Crippen molar-refractivity contribution in [3.05, 3.63) is 54.1 Å². The van der Waals surface area contributed by atoms with Crippen LogP contribution in [0.2, 0.25) is 0 Å². The molecule has 0 unspecified atom stereocenters. The second-order valence-electron chi connectivity index (χ2n) is 3.79. The van der Waals surface area contributed by atoms with Crippen molar-refractivity contribution in [2.75, 3.05) is 13.2 Å². The van der Waals surface area contributed by atoms with Gasteiger partial charge in [-0.2, -0.15) is 0 Å². The Morgan fingerprint density at radius 2 is 1.58 bits per heavy atom. The van der Waals surface area contributed by atoms with Crippen molar-refractivity contribution in [3.8, 4) is 11.5 Å². The highest BCUT2D eigenvalue weighted by Gasteiger charge is 1.97. The van der Waals surface area contributed by atoms with E-state index in [1.54, 1.807) is 30.5 Å². The molecular weight excluding hydrogens is 249 g/mol. The molecule has 0 fully saturated rings. The Labute approximate surface area is 110 Å². The first-order valence-corrected chi connectivity index (χ1v) is 5.85. The number of benzene rings is 1. The largest absolute Gasteiger partial charge is 0.490 e. The number of nitrogens with zero attached hydrogens (tertiary/aromatic N) is 1. The van der Waals surface area contributed by atoms with Gasteiger partial charge in [0.2, 0.25) is 0 Å². The van der Waals surface area contributed by atoms with Crippen LogP contribution in [0.3, 0.4) is 0 Å². The van der Waals surface area contributed by atoms with Crippen LogP contribution in [0.15, 0.2) is 42.6 Å². The van der Waals surface area contributed by atoms with Crippen LogP contribution in [0.1, 0.15) is 5.69 Å². The lowest BCUT2D eigenvalue weighted by Gasteiger charge is -2.08. The van der Waals surface area contributed by atoms with Crippen molar-refractivity contribution in [1.82, 2.24) is 4.98 Å². The standard InChI is InChI=1S/C14H14FNO3/c15-11-1-4-13(5-2-11)18-7-8-19-14-6-3-12(10-17)16-9-14/h1-6,9,17H,7-8,10H2. The van der Waals surface area contributed by atoms with Crippen LogP contribution < -0.4 is 9.47 Å². The summed E-state index contributed by atoms with van der Waals surface area (Å²) in [5.74, 6) is 0.914. The minimum Gasteiger partial charge on any atom is -0.490 e. The van der Waals surface area contributed by atoms with Crippen molar-refractivity contribution < 1.29 is 19.0 Å². The molecule has 0 bridgehead atoms. The molecule has 0 amide bonds. The van der Waals surface area contributed by atoms with Crippen molar-refractivity contribution >= 4 is 0 Å². The molecule has 100 valence electrons. The van der Waals surface area contributed by atoms with E-state index in [1.807, 2.05) is 0 Å². The lowest BCUT2D eigenvalue weighted by molar-refractivity contribution is 0.216. The Balaban J connectivity index is 1.72. The third-order valence-electron chi connectivity index (χ3n) is 2.39. The summed E-state index contributed by atoms with van der Waals surface area (Å²) in [5, 5.41) is 8.84. The minimum atomic E-state index is -0.293. The van der Waals surface area contributed by atoms with E-state index >= 15 is 0 Å². The summed E-state index contributed by atoms with van der Waals surface area (Å²) in [4.78, 5) is 3.99. The highest BCUT2D eigenvalue weighted by Crippen LogP contribution is 2.12. The van der Waals surface area contributed by atoms with Crippen molar-refractivity contribution in [2.45, 2.75) is 6.61 Å². The first kappa shape index (κ1) is 13.3. The lowest BCUT2D eigenvalue weighted by atomic mass is 10.3. The predicted molar refractivity (Wildman–Crippen MR) is 67.5 cm³/mol. The first-order valence-electron chi connectivity index (χ1n) is 5.85. The average molecular weight is 263 g/mol. The van der Waals surface area contributed by atoms with Crippen molar-refractivity contribution in [1.29, 1.82) is 0 Å². The van der Waals surface area contributed by atoms with Gasteiger partial charge in [0.05, 0.1) is 18.5 Å². The molecule has 0 radical (unpaired) electrons. The number of pyridine rings is 1. The molecule has 2 aromatic rings. The Kier molecular flexibility index (Phi) is 4.69. The van der Waals surface area contributed by atoms with E-state index in [-0.39, 0.29) is 12.4 Å². The fourth-order valence-corrected chi connectivity index (χ4v) is 1.44. The second-order valence-corrected chi connectivity index (χ2v) is 3.79. The summed E-state index contributed by atoms with van der Waals surface area (Å²) >= 11 is 0. The Hall–Kier alpha value is -2.14. The number of ether oxygens (including phenoxy) is 2. The van der Waals surface area contributed by atoms with Crippen LogP contribution in [0.5, 0.6) is 11.5 Å². The van der Waals surface area contributed by atoms with E-state index in [0.29, 0.717) is 30.4 Å². The molecule has 1 aromatic carbocycles. The molecule has 0 saturated carbocycles. The highest BCUT2D eigenvalue weighted by atomic mass is 19.1. The van der Waals surface area contributed by atoms with E-state index in [2.05, 4.69) is 4.98 Å². The van der Waals surface area contributed by atoms with Gasteiger partial charge >= 0.3 is 0 Å². The van der Waals surface area contributed by atoms with Gasteiger partial charge in [0, 0.05) is 0 Å². The quantitative estimate of drug-likeness (QED) is 0.811. The molecular formula is C14H14FNO3. The third kappa shape index (κ3) is 4.22. The van der Waals surface area contributed by atoms with Gasteiger partial charge in [0.1, 0.15) is 30.5 Å². The fraction of sp³-hybridized carbons (Fsp3) is 0.214. The Morgan fingerprint density at radius 1 is 0.947 bits per heavy atom. The number of aromatic nitrogens is 1. The van der Waals surface area contributed by atoms with Gasteiger partial charge in [-0.1, -0.05) is 0 Å². The summed E-state index contributed by atoms with van der Waals surface area (Å²) in [6.45, 7) is 0.624. The first-order chi connectivity index (χ1) is 9.28. The molecule has 1 aromatic heterocycles. The monoisotopic (exact) mass is 263 g/mol. The maximum Gasteiger partial charge on any atom is 0.137 e. The smallest absolute Gasteiger partial charge is 0.137 e. The fourth-order valence-electron chi connectivity index (χ4n) is 1.44. The van der Waals surface area contributed by atoms with E-state index < -0.39 is 0 Å². The molecule has 0 atom stereocenters. The SMILES string of the molecule is OCc1ccc(OCCOc2ccc(F)cc2)cn1. The molecule has 1 heterocycles. The second kappa shape index (κ2) is 6.70. The van der Waals surface area contributed by atoms with E-state index in [9.17, 15) is 4.39 Å². The summed E-state index contributed by atoms with van der Waals surface area (Å²) in [5.41, 5.74) is 0.593. The van der Waals surface area contributed by atoms with Crippen molar-refractivity contribution in [3.63, 3.8) is 0 Å². The summed E-state index contributed by atoms with van der Waals surface area (Å²) in [6.07, 6.45) is 1.55. The summed E-state index contributed by atoms with van der Waals surface area (Å²) in [6, 6.07) is 9.23. The summed E-state index contributed by atoms with van der Waals surface area (Å²) < 4.78 is 23.4. The number of aliphatic hydroxyl groups is 1. The van der Waals surface area contributed by atoms with Crippen LogP contribution >= 0.6 is 0 Å². The average Bonchev–Trinajstić information content (AvgIpc) is 2.46. The molecule has 4 nitrogen and oxygen atoms in total. The van der Waals surface area contributed by atoms with Gasteiger partial charge in [0.25, 0.3) is 0 Å². The van der Waals surface area contributed by atoms with E-state index in [1.165, 1.54) is 12.1 Å². The summed E-state index contributed by atoms with van der Waals surface area (Å²) in [7, 11) is 0. The molecule has 1 N–H and O–H groups in total. The molecule has 0 aliphatic carbocycles. The van der Waals surface area contributed by atoms with Gasteiger partial charge in [-0.3, -0.25) is 4.98 Å². The highest BCUT2D eigenvalue weighted by molar-refractivity contribution is 5.22. The van der Waals surface area contributed by atoms with Crippen LogP contribution in [0, 0.1) is 5.82 Å². The molecule has 2 rings (SSSR count). The van der Waals surface area contributed by atoms with Crippen molar-refractivity contribution in [2.24, 2.45) is 0 Å². The minimum absolute atomic E-state index is 0.0893. The Morgan fingerprint density at radius 3 is 2.16 bits per heavy atom. The number of halogens is 1. The molecule has 19 heavy (non-hydrogen) atoms. The molecule has 0 aliphatic heterocycles. The lowest BCUT2D eigenvalue weighted by Crippen LogP contribution is -2.09. The van der Waals surface area contributed by atoms with Gasteiger partial charge in [-0.15, -0.1) is 0 Å². The van der Waals surface area contributed by atoms with Crippen LogP contribution in [-0.2, 0) is 6.61 Å². The zero-order chi connectivity index (χ0) is 13.5. The third-order valence-corrected chi connectivity index (χ3v) is 2.39. The zero-order valence-corrected chi connectivity index (χ0v) is 10.3. The van der Waals surface area contributed by atoms with Gasteiger partial charge in [0.15, 0.2) is 0 Å². The predicted octanol–water partition coefficient (Wildman–Crippen LogP) is 2.17. The normalized spacial score (nSPS) is 10.2. The topological polar surface area (TPSA) is 51.6 Å². The van der Waals surface area contributed by atoms with E-state index in [0.717, 1.165) is 0 Å². The van der Waals surface area contributed by atoms with Crippen LogP contribution in [0.25, 0.3) is 0 Å². The van der Waals surface area contributed by atoms with Gasteiger partial charge in [-0.05, 0) is 36.4 Å². The van der Waals surface area contributed by atoms with E-state index in [4.69, 9.17) is 14.6 Å². The molecule has 0 aliphatic rings. The number of hydrogen-bond acceptors (Lipinski definition) is 4. The molecule has 5 heteroatoms. The maximum absolute atomic E-state index is 12.7. The number of hydrogen-bond donors (Lipinski definition) is 1. The Bertz CT molecular complexity index is 499. The van der Waals surface area contributed by atoms with Gasteiger partial charge in [-0.25, -0.2) is 4.39 Å². The maximum atomic E-state index is 12.7. The molecule has 0 spiro atoms.